The molecule has 0 spiro atoms. The number of aromatic amines is 1. The van der Waals surface area contributed by atoms with Crippen LogP contribution in [0.2, 0.25) is 4.34 Å². The molecule has 0 saturated heterocycles. The highest BCUT2D eigenvalue weighted by molar-refractivity contribution is 7.91. The summed E-state index contributed by atoms with van der Waals surface area (Å²) in [5.41, 5.74) is -0.385. The molecule has 2 aromatic rings. The first-order chi connectivity index (χ1) is 11.8. The van der Waals surface area contributed by atoms with Crippen molar-refractivity contribution >= 4 is 38.9 Å². The van der Waals surface area contributed by atoms with Gasteiger partial charge in [0.25, 0.3) is 11.5 Å². The van der Waals surface area contributed by atoms with Crippen LogP contribution in [0.4, 0.5) is 0 Å². The molecule has 3 N–H and O–H groups in total. The average Bonchev–Trinajstić information content (AvgIpc) is 3.16. The largest absolute Gasteiger partial charge is 0.348 e. The molecule has 11 heteroatoms. The number of thiophene rings is 1. The second kappa shape index (κ2) is 7.24. The first kappa shape index (κ1) is 18.1. The molecule has 1 fully saturated rings. The molecule has 134 valence electrons. The Bertz CT molecular complexity index is 940. The molecule has 1 aliphatic carbocycles. The highest BCUT2D eigenvalue weighted by atomic mass is 35.5. The second-order valence-electron chi connectivity index (χ2n) is 5.67. The zero-order chi connectivity index (χ0) is 18.0. The molecule has 0 radical (unpaired) electrons. The summed E-state index contributed by atoms with van der Waals surface area (Å²) in [5, 5.41) is 2.78. The number of amides is 1. The molecule has 3 rings (SSSR count). The maximum Gasteiger partial charge on any atom is 0.269 e. The summed E-state index contributed by atoms with van der Waals surface area (Å²) in [4.78, 5) is 29.4. The van der Waals surface area contributed by atoms with E-state index in [9.17, 15) is 18.0 Å². The number of nitrogens with one attached hydrogen (secondary N) is 3. The van der Waals surface area contributed by atoms with Crippen LogP contribution in [0.1, 0.15) is 29.8 Å². The van der Waals surface area contributed by atoms with Crippen LogP contribution in [0.5, 0.6) is 0 Å². The summed E-state index contributed by atoms with van der Waals surface area (Å²) < 4.78 is 27.8. The van der Waals surface area contributed by atoms with Gasteiger partial charge >= 0.3 is 0 Å². The van der Waals surface area contributed by atoms with E-state index >= 15 is 0 Å². The Balaban J connectivity index is 1.58. The first-order valence-electron chi connectivity index (χ1n) is 7.46. The van der Waals surface area contributed by atoms with E-state index in [-0.39, 0.29) is 22.0 Å². The normalized spacial score (nSPS) is 20.5. The number of aromatic nitrogens is 2. The van der Waals surface area contributed by atoms with Gasteiger partial charge in [0.15, 0.2) is 0 Å². The first-order valence-corrected chi connectivity index (χ1v) is 10.1. The summed E-state index contributed by atoms with van der Waals surface area (Å²) in [6, 6.07) is 2.54. The van der Waals surface area contributed by atoms with Gasteiger partial charge < -0.3 is 10.3 Å². The lowest BCUT2D eigenvalue weighted by Gasteiger charge is -2.14. The van der Waals surface area contributed by atoms with E-state index in [0.29, 0.717) is 23.6 Å². The molecular weight excluding hydrogens is 388 g/mol. The zero-order valence-corrected chi connectivity index (χ0v) is 15.2. The third-order valence-electron chi connectivity index (χ3n) is 3.80. The van der Waals surface area contributed by atoms with Crippen molar-refractivity contribution < 1.29 is 13.2 Å². The van der Waals surface area contributed by atoms with Gasteiger partial charge in [-0.3, -0.25) is 14.6 Å². The van der Waals surface area contributed by atoms with Crippen LogP contribution in [0.3, 0.4) is 0 Å². The summed E-state index contributed by atoms with van der Waals surface area (Å²) in [7, 11) is -3.62. The van der Waals surface area contributed by atoms with E-state index in [1.165, 1.54) is 18.3 Å². The lowest BCUT2D eigenvalue weighted by molar-refractivity contribution is 0.0932. The van der Waals surface area contributed by atoms with E-state index in [2.05, 4.69) is 20.0 Å². The van der Waals surface area contributed by atoms with Gasteiger partial charge in [-0.15, -0.1) is 11.3 Å². The molecule has 2 heterocycles. The third-order valence-corrected chi connectivity index (χ3v) is 7.04. The van der Waals surface area contributed by atoms with Crippen molar-refractivity contribution in [3.8, 4) is 0 Å². The minimum Gasteiger partial charge on any atom is -0.348 e. The highest BCUT2D eigenvalue weighted by Gasteiger charge is 2.30. The van der Waals surface area contributed by atoms with E-state index < -0.39 is 21.5 Å². The molecule has 25 heavy (non-hydrogen) atoms. The molecule has 0 aliphatic heterocycles. The summed E-state index contributed by atoms with van der Waals surface area (Å²) >= 11 is 6.77. The fourth-order valence-corrected chi connectivity index (χ4v) is 5.48. The van der Waals surface area contributed by atoms with E-state index in [0.717, 1.165) is 17.5 Å². The van der Waals surface area contributed by atoms with Gasteiger partial charge in [0.05, 0.1) is 16.7 Å². The van der Waals surface area contributed by atoms with Gasteiger partial charge in [-0.05, 0) is 31.4 Å². The van der Waals surface area contributed by atoms with Crippen LogP contribution in [0.25, 0.3) is 0 Å². The Hall–Kier alpha value is -1.75. The van der Waals surface area contributed by atoms with Crippen LogP contribution >= 0.6 is 22.9 Å². The summed E-state index contributed by atoms with van der Waals surface area (Å²) in [6.07, 6.45) is 4.05. The maximum absolute atomic E-state index is 12.3. The number of carbonyl (C=O) groups is 1. The lowest BCUT2D eigenvalue weighted by Crippen LogP contribution is -2.37. The smallest absolute Gasteiger partial charge is 0.269 e. The van der Waals surface area contributed by atoms with Crippen LogP contribution < -0.4 is 15.6 Å². The minimum atomic E-state index is -3.62. The quantitative estimate of drug-likeness (QED) is 0.691. The molecule has 2 atom stereocenters. The van der Waals surface area contributed by atoms with E-state index in [1.807, 2.05) is 0 Å². The Morgan fingerprint density at radius 3 is 2.72 bits per heavy atom. The molecule has 8 nitrogen and oxygen atoms in total. The standard InChI is InChI=1S/C14H15ClN4O4S2/c15-11-3-4-13(24-11)25(22,23)19-9-2-1-8(5-9)17-14(21)10-6-16-7-12(20)18-10/h3-4,6-9,19H,1-2,5H2,(H,17,21)(H,18,20)/t8-,9+/m0/s1. The van der Waals surface area contributed by atoms with Crippen molar-refractivity contribution in [2.75, 3.05) is 0 Å². The number of carbonyl (C=O) groups excluding carboxylic acids is 1. The number of sulfonamides is 1. The Morgan fingerprint density at radius 1 is 1.28 bits per heavy atom. The number of rotatable bonds is 5. The monoisotopic (exact) mass is 402 g/mol. The van der Waals surface area contributed by atoms with E-state index in [4.69, 9.17) is 11.6 Å². The Labute approximate surface area is 152 Å². The van der Waals surface area contributed by atoms with Crippen LogP contribution in [0, 0.1) is 0 Å². The molecular formula is C14H15ClN4O4S2. The van der Waals surface area contributed by atoms with Crippen molar-refractivity contribution in [2.45, 2.75) is 35.6 Å². The topological polar surface area (TPSA) is 121 Å². The SMILES string of the molecule is O=C(N[C@H]1CC[C@@H](NS(=O)(=O)c2ccc(Cl)s2)C1)c1cncc(=O)[nH]1. The van der Waals surface area contributed by atoms with Gasteiger partial charge in [0.2, 0.25) is 10.0 Å². The van der Waals surface area contributed by atoms with Gasteiger partial charge in [0, 0.05) is 12.1 Å². The predicted molar refractivity (Wildman–Crippen MR) is 93.4 cm³/mol. The fraction of sp³-hybridized carbons (Fsp3) is 0.357. The molecule has 0 aromatic carbocycles. The minimum absolute atomic E-state index is 0.0739. The highest BCUT2D eigenvalue weighted by Crippen LogP contribution is 2.27. The molecule has 0 bridgehead atoms. The van der Waals surface area contributed by atoms with Crippen molar-refractivity contribution in [3.05, 3.63) is 44.9 Å². The van der Waals surface area contributed by atoms with Crippen molar-refractivity contribution in [1.29, 1.82) is 0 Å². The van der Waals surface area contributed by atoms with Crippen molar-refractivity contribution in [3.63, 3.8) is 0 Å². The van der Waals surface area contributed by atoms with Crippen LogP contribution in [-0.2, 0) is 10.0 Å². The second-order valence-corrected chi connectivity index (χ2v) is 9.33. The van der Waals surface area contributed by atoms with Gasteiger partial charge in [-0.25, -0.2) is 13.1 Å². The molecule has 2 aromatic heterocycles. The molecule has 1 saturated carbocycles. The Morgan fingerprint density at radius 2 is 2.04 bits per heavy atom. The predicted octanol–water partition coefficient (Wildman–Crippen LogP) is 1.11. The third kappa shape index (κ3) is 4.46. The number of H-pyrrole nitrogens is 1. The number of hydrogen-bond acceptors (Lipinski definition) is 6. The molecule has 1 aliphatic rings. The summed E-state index contributed by atoms with van der Waals surface area (Å²) in [5.74, 6) is -0.441. The summed E-state index contributed by atoms with van der Waals surface area (Å²) in [6.45, 7) is 0. The van der Waals surface area contributed by atoms with Crippen LogP contribution in [0.15, 0.2) is 33.5 Å². The van der Waals surface area contributed by atoms with Crippen LogP contribution in [-0.4, -0.2) is 36.4 Å². The van der Waals surface area contributed by atoms with Gasteiger partial charge in [-0.2, -0.15) is 0 Å². The molecule has 0 unspecified atom stereocenters. The lowest BCUT2D eigenvalue weighted by atomic mass is 10.2. The zero-order valence-electron chi connectivity index (χ0n) is 12.9. The number of hydrogen-bond donors (Lipinski definition) is 3. The van der Waals surface area contributed by atoms with Gasteiger partial charge in [0.1, 0.15) is 9.90 Å². The van der Waals surface area contributed by atoms with Gasteiger partial charge in [-0.1, -0.05) is 11.6 Å². The number of nitrogens with zero attached hydrogens (tertiary/aromatic N) is 1. The van der Waals surface area contributed by atoms with E-state index in [1.54, 1.807) is 0 Å². The van der Waals surface area contributed by atoms with Crippen molar-refractivity contribution in [1.82, 2.24) is 20.0 Å². The van der Waals surface area contributed by atoms with Crippen molar-refractivity contribution in [2.24, 2.45) is 0 Å². The Kier molecular flexibility index (Phi) is 5.23. The fourth-order valence-electron chi connectivity index (χ4n) is 2.69. The average molecular weight is 403 g/mol. The molecule has 1 amide bonds. The number of halogens is 1. The maximum atomic E-state index is 12.3.